The van der Waals surface area contributed by atoms with Crippen LogP contribution in [0.4, 0.5) is 0 Å². The molecular weight excluding hydrogens is 204 g/mol. The van der Waals surface area contributed by atoms with Crippen LogP contribution >= 0.6 is 11.8 Å². The maximum absolute atomic E-state index is 3.67. The predicted molar refractivity (Wildman–Crippen MR) is 68.6 cm³/mol. The standard InChI is InChI=1S/C12H24N2S/c1-3-12(2)10-14(7-6-13-12)11-4-8-15-9-5-11/h11,13H,3-10H2,1-2H3. The summed E-state index contributed by atoms with van der Waals surface area (Å²) in [4.78, 5) is 2.74. The van der Waals surface area contributed by atoms with Crippen molar-refractivity contribution < 1.29 is 0 Å². The molecule has 3 heteroatoms. The number of piperazine rings is 1. The third-order valence-electron chi connectivity index (χ3n) is 3.99. The first-order valence-corrected chi connectivity index (χ1v) is 7.46. The number of hydrogen-bond acceptors (Lipinski definition) is 3. The van der Waals surface area contributed by atoms with Crippen LogP contribution in [0.25, 0.3) is 0 Å². The van der Waals surface area contributed by atoms with E-state index in [9.17, 15) is 0 Å². The minimum Gasteiger partial charge on any atom is -0.309 e. The van der Waals surface area contributed by atoms with Crippen LogP contribution in [-0.2, 0) is 0 Å². The number of nitrogens with zero attached hydrogens (tertiary/aromatic N) is 1. The maximum atomic E-state index is 3.67. The highest BCUT2D eigenvalue weighted by Gasteiger charge is 2.32. The zero-order valence-electron chi connectivity index (χ0n) is 10.1. The summed E-state index contributed by atoms with van der Waals surface area (Å²) in [6.45, 7) is 8.35. The first-order valence-electron chi connectivity index (χ1n) is 6.30. The van der Waals surface area contributed by atoms with Gasteiger partial charge in [-0.15, -0.1) is 0 Å². The Morgan fingerprint density at radius 3 is 2.80 bits per heavy atom. The molecule has 1 atom stereocenters. The normalized spacial score (nSPS) is 35.6. The van der Waals surface area contributed by atoms with Gasteiger partial charge in [0.2, 0.25) is 0 Å². The van der Waals surface area contributed by atoms with E-state index < -0.39 is 0 Å². The lowest BCUT2D eigenvalue weighted by atomic mass is 9.94. The molecule has 1 N–H and O–H groups in total. The summed E-state index contributed by atoms with van der Waals surface area (Å²) in [7, 11) is 0. The Bertz CT molecular complexity index is 204. The Labute approximate surface area is 98.2 Å². The van der Waals surface area contributed by atoms with Crippen LogP contribution in [0.1, 0.15) is 33.1 Å². The zero-order valence-corrected chi connectivity index (χ0v) is 10.9. The van der Waals surface area contributed by atoms with Crippen molar-refractivity contribution in [3.63, 3.8) is 0 Å². The van der Waals surface area contributed by atoms with Crippen LogP contribution < -0.4 is 5.32 Å². The lowest BCUT2D eigenvalue weighted by Gasteiger charge is -2.45. The van der Waals surface area contributed by atoms with Crippen molar-refractivity contribution in [2.75, 3.05) is 31.1 Å². The quantitative estimate of drug-likeness (QED) is 0.778. The highest BCUT2D eigenvalue weighted by Crippen LogP contribution is 2.25. The van der Waals surface area contributed by atoms with Gasteiger partial charge in [-0.1, -0.05) is 6.92 Å². The van der Waals surface area contributed by atoms with E-state index >= 15 is 0 Å². The van der Waals surface area contributed by atoms with E-state index in [-0.39, 0.29) is 0 Å². The van der Waals surface area contributed by atoms with Crippen molar-refractivity contribution in [1.29, 1.82) is 0 Å². The summed E-state index contributed by atoms with van der Waals surface area (Å²) in [6.07, 6.45) is 4.06. The molecule has 2 nitrogen and oxygen atoms in total. The van der Waals surface area contributed by atoms with E-state index in [2.05, 4.69) is 35.8 Å². The summed E-state index contributed by atoms with van der Waals surface area (Å²) in [5.74, 6) is 2.74. The fraction of sp³-hybridized carbons (Fsp3) is 1.00. The van der Waals surface area contributed by atoms with Gasteiger partial charge in [0, 0.05) is 31.2 Å². The second kappa shape index (κ2) is 5.07. The molecule has 2 fully saturated rings. The molecule has 2 rings (SSSR count). The molecule has 15 heavy (non-hydrogen) atoms. The Morgan fingerprint density at radius 1 is 1.40 bits per heavy atom. The molecule has 2 aliphatic heterocycles. The number of hydrogen-bond donors (Lipinski definition) is 1. The SMILES string of the molecule is CCC1(C)CN(C2CCSCC2)CCN1. The van der Waals surface area contributed by atoms with Gasteiger partial charge in [0.25, 0.3) is 0 Å². The molecule has 0 bridgehead atoms. The van der Waals surface area contributed by atoms with Gasteiger partial charge in [-0.3, -0.25) is 4.90 Å². The number of thioether (sulfide) groups is 1. The highest BCUT2D eigenvalue weighted by atomic mass is 32.2. The van der Waals surface area contributed by atoms with Crippen molar-refractivity contribution in [1.82, 2.24) is 10.2 Å². The molecule has 1 unspecified atom stereocenters. The molecule has 0 amide bonds. The van der Waals surface area contributed by atoms with Gasteiger partial charge in [-0.2, -0.15) is 11.8 Å². The molecule has 0 aliphatic carbocycles. The maximum Gasteiger partial charge on any atom is 0.0278 e. The molecular formula is C12H24N2S. The van der Waals surface area contributed by atoms with Crippen LogP contribution in [-0.4, -0.2) is 47.6 Å². The predicted octanol–water partition coefficient (Wildman–Crippen LogP) is 1.96. The summed E-state index contributed by atoms with van der Waals surface area (Å²) in [5.41, 5.74) is 0.364. The summed E-state index contributed by atoms with van der Waals surface area (Å²) >= 11 is 2.13. The van der Waals surface area contributed by atoms with E-state index in [0.29, 0.717) is 5.54 Å². The van der Waals surface area contributed by atoms with Crippen LogP contribution in [0, 0.1) is 0 Å². The third-order valence-corrected chi connectivity index (χ3v) is 5.04. The Balaban J connectivity index is 1.91. The molecule has 0 aromatic rings. The monoisotopic (exact) mass is 228 g/mol. The second-order valence-corrected chi connectivity index (χ2v) is 6.38. The lowest BCUT2D eigenvalue weighted by molar-refractivity contribution is 0.0931. The fourth-order valence-corrected chi connectivity index (χ4v) is 3.76. The minimum atomic E-state index is 0.364. The van der Waals surface area contributed by atoms with Crippen molar-refractivity contribution in [2.45, 2.75) is 44.7 Å². The van der Waals surface area contributed by atoms with Crippen LogP contribution in [0.2, 0.25) is 0 Å². The van der Waals surface area contributed by atoms with E-state index in [1.54, 1.807) is 0 Å². The molecule has 0 aromatic heterocycles. The minimum absolute atomic E-state index is 0.364. The smallest absolute Gasteiger partial charge is 0.0278 e. The van der Waals surface area contributed by atoms with Crippen molar-refractivity contribution in [3.05, 3.63) is 0 Å². The lowest BCUT2D eigenvalue weighted by Crippen LogP contribution is -2.60. The second-order valence-electron chi connectivity index (χ2n) is 5.16. The summed E-state index contributed by atoms with van der Waals surface area (Å²) in [6, 6.07) is 0.874. The van der Waals surface area contributed by atoms with Gasteiger partial charge in [0.1, 0.15) is 0 Å². The van der Waals surface area contributed by atoms with Crippen LogP contribution in [0.15, 0.2) is 0 Å². The van der Waals surface area contributed by atoms with Gasteiger partial charge in [0.05, 0.1) is 0 Å². The topological polar surface area (TPSA) is 15.3 Å². The average Bonchev–Trinajstić information content (AvgIpc) is 2.30. The molecule has 0 aromatic carbocycles. The molecule has 0 radical (unpaired) electrons. The van der Waals surface area contributed by atoms with Gasteiger partial charge < -0.3 is 5.32 Å². The molecule has 2 saturated heterocycles. The third kappa shape index (κ3) is 2.89. The van der Waals surface area contributed by atoms with Gasteiger partial charge in [-0.05, 0) is 37.7 Å². The van der Waals surface area contributed by atoms with Crippen molar-refractivity contribution in [3.8, 4) is 0 Å². The molecule has 88 valence electrons. The van der Waals surface area contributed by atoms with Crippen molar-refractivity contribution in [2.24, 2.45) is 0 Å². The first-order chi connectivity index (χ1) is 7.23. The Kier molecular flexibility index (Phi) is 3.97. The average molecular weight is 228 g/mol. The van der Waals surface area contributed by atoms with Crippen LogP contribution in [0.5, 0.6) is 0 Å². The molecule has 2 aliphatic rings. The largest absolute Gasteiger partial charge is 0.309 e. The van der Waals surface area contributed by atoms with E-state index in [0.717, 1.165) is 6.04 Å². The zero-order chi connectivity index (χ0) is 10.7. The molecule has 2 heterocycles. The summed E-state index contributed by atoms with van der Waals surface area (Å²) in [5, 5.41) is 3.67. The number of nitrogens with one attached hydrogen (secondary N) is 1. The van der Waals surface area contributed by atoms with E-state index in [4.69, 9.17) is 0 Å². The van der Waals surface area contributed by atoms with E-state index in [1.165, 1.54) is 50.4 Å². The molecule has 0 spiro atoms. The van der Waals surface area contributed by atoms with E-state index in [1.807, 2.05) is 0 Å². The first kappa shape index (κ1) is 11.7. The number of rotatable bonds is 2. The molecule has 0 saturated carbocycles. The summed E-state index contributed by atoms with van der Waals surface area (Å²) < 4.78 is 0. The van der Waals surface area contributed by atoms with Gasteiger partial charge >= 0.3 is 0 Å². The van der Waals surface area contributed by atoms with Crippen LogP contribution in [0.3, 0.4) is 0 Å². The van der Waals surface area contributed by atoms with Crippen molar-refractivity contribution >= 4 is 11.8 Å². The van der Waals surface area contributed by atoms with Gasteiger partial charge in [-0.25, -0.2) is 0 Å². The Morgan fingerprint density at radius 2 is 2.13 bits per heavy atom. The fourth-order valence-electron chi connectivity index (χ4n) is 2.68. The van der Waals surface area contributed by atoms with Gasteiger partial charge in [0.15, 0.2) is 0 Å². The highest BCUT2D eigenvalue weighted by molar-refractivity contribution is 7.99. The Hall–Kier alpha value is 0.270.